The Hall–Kier alpha value is -1.38. The maximum absolute atomic E-state index is 12.0. The van der Waals surface area contributed by atoms with E-state index >= 15 is 0 Å². The van der Waals surface area contributed by atoms with Crippen molar-refractivity contribution in [3.05, 3.63) is 17.3 Å². The Morgan fingerprint density at radius 1 is 1.40 bits per heavy atom. The molecule has 0 radical (unpaired) electrons. The number of sulfonamides is 1. The van der Waals surface area contributed by atoms with Crippen molar-refractivity contribution in [2.75, 3.05) is 25.0 Å². The molecule has 1 amide bonds. The Balaban J connectivity index is 2.72. The van der Waals surface area contributed by atoms with Gasteiger partial charge in [0.1, 0.15) is 10.7 Å². The van der Waals surface area contributed by atoms with E-state index in [1.54, 1.807) is 0 Å². The van der Waals surface area contributed by atoms with E-state index in [1.165, 1.54) is 19.2 Å². The van der Waals surface area contributed by atoms with Crippen LogP contribution in [0.4, 0.5) is 5.82 Å². The number of nitrogens with zero attached hydrogens (tertiary/aromatic N) is 1. The van der Waals surface area contributed by atoms with Crippen molar-refractivity contribution in [1.82, 2.24) is 15.0 Å². The lowest BCUT2D eigenvalue weighted by molar-refractivity contribution is -0.118. The van der Waals surface area contributed by atoms with Gasteiger partial charge in [-0.2, -0.15) is 0 Å². The maximum Gasteiger partial charge on any atom is 0.242 e. The highest BCUT2D eigenvalue weighted by atomic mass is 35.5. The third-order valence-corrected chi connectivity index (χ3v) is 3.98. The van der Waals surface area contributed by atoms with Crippen LogP contribution in [0.2, 0.25) is 5.02 Å². The Labute approximate surface area is 123 Å². The fourth-order valence-electron chi connectivity index (χ4n) is 1.37. The van der Waals surface area contributed by atoms with E-state index in [2.05, 4.69) is 20.3 Å². The molecule has 0 saturated heterocycles. The Kier molecular flexibility index (Phi) is 6.18. The molecule has 1 heterocycles. The minimum absolute atomic E-state index is 0.0213. The monoisotopic (exact) mass is 320 g/mol. The Morgan fingerprint density at radius 2 is 2.10 bits per heavy atom. The number of rotatable bonds is 7. The summed E-state index contributed by atoms with van der Waals surface area (Å²) in [7, 11) is -3.69. The van der Waals surface area contributed by atoms with Crippen LogP contribution in [0.3, 0.4) is 0 Å². The summed E-state index contributed by atoms with van der Waals surface area (Å²) < 4.78 is 26.3. The SMILES string of the molecule is CCNc1ncc(S(=O)(=O)NCCNC(C)=O)cc1Cl. The largest absolute Gasteiger partial charge is 0.369 e. The fraction of sp³-hybridized carbons (Fsp3) is 0.455. The van der Waals surface area contributed by atoms with Gasteiger partial charge in [0, 0.05) is 32.8 Å². The van der Waals surface area contributed by atoms with Gasteiger partial charge in [-0.15, -0.1) is 0 Å². The summed E-state index contributed by atoms with van der Waals surface area (Å²) in [5.74, 6) is 0.218. The number of pyridine rings is 1. The summed E-state index contributed by atoms with van der Waals surface area (Å²) in [6.45, 7) is 4.18. The topological polar surface area (TPSA) is 100 Å². The van der Waals surface area contributed by atoms with Gasteiger partial charge in [-0.25, -0.2) is 18.1 Å². The molecule has 0 aliphatic heterocycles. The predicted molar refractivity (Wildman–Crippen MR) is 77.3 cm³/mol. The number of hydrogen-bond donors (Lipinski definition) is 3. The summed E-state index contributed by atoms with van der Waals surface area (Å²) in [4.78, 5) is 14.6. The number of halogens is 1. The average molecular weight is 321 g/mol. The summed E-state index contributed by atoms with van der Waals surface area (Å²) in [5.41, 5.74) is 0. The summed E-state index contributed by atoms with van der Waals surface area (Å²) >= 11 is 5.94. The van der Waals surface area contributed by atoms with E-state index in [0.29, 0.717) is 12.4 Å². The second-order valence-corrected chi connectivity index (χ2v) is 6.09. The van der Waals surface area contributed by atoms with E-state index in [-0.39, 0.29) is 28.9 Å². The normalized spacial score (nSPS) is 11.2. The quantitative estimate of drug-likeness (QED) is 0.638. The molecule has 0 atom stereocenters. The molecule has 0 aliphatic carbocycles. The lowest BCUT2D eigenvalue weighted by Crippen LogP contribution is -2.33. The molecule has 0 unspecified atom stereocenters. The molecule has 20 heavy (non-hydrogen) atoms. The molecule has 1 aromatic heterocycles. The first-order chi connectivity index (χ1) is 9.36. The molecule has 1 rings (SSSR count). The van der Waals surface area contributed by atoms with Crippen molar-refractivity contribution in [2.24, 2.45) is 0 Å². The van der Waals surface area contributed by atoms with Crippen molar-refractivity contribution < 1.29 is 13.2 Å². The smallest absolute Gasteiger partial charge is 0.242 e. The fourth-order valence-corrected chi connectivity index (χ4v) is 2.67. The third kappa shape index (κ3) is 4.95. The lowest BCUT2D eigenvalue weighted by Gasteiger charge is -2.09. The molecule has 1 aromatic rings. The highest BCUT2D eigenvalue weighted by molar-refractivity contribution is 7.89. The zero-order valence-corrected chi connectivity index (χ0v) is 12.8. The van der Waals surface area contributed by atoms with Gasteiger partial charge in [0.15, 0.2) is 0 Å². The van der Waals surface area contributed by atoms with Gasteiger partial charge >= 0.3 is 0 Å². The van der Waals surface area contributed by atoms with Crippen molar-refractivity contribution in [1.29, 1.82) is 0 Å². The second-order valence-electron chi connectivity index (χ2n) is 3.91. The van der Waals surface area contributed by atoms with Crippen LogP contribution in [-0.2, 0) is 14.8 Å². The first-order valence-electron chi connectivity index (χ1n) is 6.00. The van der Waals surface area contributed by atoms with Crippen LogP contribution in [0.1, 0.15) is 13.8 Å². The second kappa shape index (κ2) is 7.41. The van der Waals surface area contributed by atoms with Crippen LogP contribution in [0.15, 0.2) is 17.2 Å². The first-order valence-corrected chi connectivity index (χ1v) is 7.86. The van der Waals surface area contributed by atoms with Crippen molar-refractivity contribution in [3.63, 3.8) is 0 Å². The van der Waals surface area contributed by atoms with Crippen molar-refractivity contribution >= 4 is 33.3 Å². The summed E-state index contributed by atoms with van der Waals surface area (Å²) in [6, 6.07) is 1.33. The van der Waals surface area contributed by atoms with E-state index in [4.69, 9.17) is 11.6 Å². The Bertz CT molecular complexity index is 577. The molecule has 0 aromatic carbocycles. The van der Waals surface area contributed by atoms with Crippen LogP contribution in [0.5, 0.6) is 0 Å². The number of nitrogens with one attached hydrogen (secondary N) is 3. The van der Waals surface area contributed by atoms with Crippen LogP contribution >= 0.6 is 11.6 Å². The van der Waals surface area contributed by atoms with E-state index < -0.39 is 10.0 Å². The maximum atomic E-state index is 12.0. The average Bonchev–Trinajstić information content (AvgIpc) is 2.37. The van der Waals surface area contributed by atoms with Crippen LogP contribution in [-0.4, -0.2) is 38.9 Å². The van der Waals surface area contributed by atoms with E-state index in [1.807, 2.05) is 6.92 Å². The number of aromatic nitrogens is 1. The molecule has 9 heteroatoms. The van der Waals surface area contributed by atoms with Gasteiger partial charge in [0.25, 0.3) is 0 Å². The minimum atomic E-state index is -3.69. The number of amides is 1. The van der Waals surface area contributed by atoms with Gasteiger partial charge in [0.2, 0.25) is 15.9 Å². The summed E-state index contributed by atoms with van der Waals surface area (Å²) in [5, 5.41) is 5.64. The zero-order chi connectivity index (χ0) is 15.2. The molecule has 3 N–H and O–H groups in total. The molecular formula is C11H17ClN4O3S. The van der Waals surface area contributed by atoms with Crippen LogP contribution in [0.25, 0.3) is 0 Å². The van der Waals surface area contributed by atoms with Gasteiger partial charge in [-0.3, -0.25) is 4.79 Å². The number of carbonyl (C=O) groups excluding carboxylic acids is 1. The van der Waals surface area contributed by atoms with E-state index in [0.717, 1.165) is 0 Å². The highest BCUT2D eigenvalue weighted by Crippen LogP contribution is 2.22. The number of carbonyl (C=O) groups is 1. The van der Waals surface area contributed by atoms with Crippen LogP contribution < -0.4 is 15.4 Å². The standard InChI is InChI=1S/C11H17ClN4O3S/c1-3-13-11-10(12)6-9(7-15-11)20(18,19)16-5-4-14-8(2)17/h6-7,16H,3-5H2,1-2H3,(H,13,15)(H,14,17). The molecule has 0 aliphatic rings. The number of anilines is 1. The molecule has 0 saturated carbocycles. The zero-order valence-electron chi connectivity index (χ0n) is 11.2. The third-order valence-electron chi connectivity index (χ3n) is 2.26. The predicted octanol–water partition coefficient (Wildman–Crippen LogP) is 0.581. The molecule has 0 spiro atoms. The van der Waals surface area contributed by atoms with Crippen LogP contribution in [0, 0.1) is 0 Å². The Morgan fingerprint density at radius 3 is 2.65 bits per heavy atom. The van der Waals surface area contributed by atoms with E-state index in [9.17, 15) is 13.2 Å². The lowest BCUT2D eigenvalue weighted by atomic mass is 10.4. The van der Waals surface area contributed by atoms with Gasteiger partial charge in [-0.1, -0.05) is 11.6 Å². The minimum Gasteiger partial charge on any atom is -0.369 e. The number of hydrogen-bond acceptors (Lipinski definition) is 5. The molecule has 7 nitrogen and oxygen atoms in total. The van der Waals surface area contributed by atoms with Gasteiger partial charge in [-0.05, 0) is 13.0 Å². The molecule has 0 fully saturated rings. The molecule has 0 bridgehead atoms. The highest BCUT2D eigenvalue weighted by Gasteiger charge is 2.15. The van der Waals surface area contributed by atoms with Crippen molar-refractivity contribution in [3.8, 4) is 0 Å². The van der Waals surface area contributed by atoms with Gasteiger partial charge < -0.3 is 10.6 Å². The molecular weight excluding hydrogens is 304 g/mol. The van der Waals surface area contributed by atoms with Gasteiger partial charge in [0.05, 0.1) is 5.02 Å². The van der Waals surface area contributed by atoms with Crippen molar-refractivity contribution in [2.45, 2.75) is 18.7 Å². The molecule has 112 valence electrons. The summed E-state index contributed by atoms with van der Waals surface area (Å²) in [6.07, 6.45) is 1.23. The first kappa shape index (κ1) is 16.7.